The number of anilines is 1. The molecule has 0 aliphatic carbocycles. The number of nitriles is 1. The van der Waals surface area contributed by atoms with Crippen molar-refractivity contribution in [3.63, 3.8) is 0 Å². The monoisotopic (exact) mass is 286 g/mol. The minimum atomic E-state index is -0.297. The van der Waals surface area contributed by atoms with E-state index < -0.39 is 0 Å². The van der Waals surface area contributed by atoms with Gasteiger partial charge in [0, 0.05) is 15.5 Å². The predicted molar refractivity (Wildman–Crippen MR) is 79.6 cm³/mol. The number of carbonyl (C=O) groups is 1. The van der Waals surface area contributed by atoms with E-state index >= 15 is 0 Å². The quantitative estimate of drug-likeness (QED) is 0.405. The van der Waals surface area contributed by atoms with Crippen LogP contribution in [0.3, 0.4) is 0 Å². The van der Waals surface area contributed by atoms with E-state index in [4.69, 9.17) is 11.0 Å². The summed E-state index contributed by atoms with van der Waals surface area (Å²) in [5.74, 6) is 0. The van der Waals surface area contributed by atoms with Gasteiger partial charge in [-0.1, -0.05) is 18.2 Å². The second-order valence-corrected chi connectivity index (χ2v) is 5.61. The summed E-state index contributed by atoms with van der Waals surface area (Å²) in [4.78, 5) is 13.6. The van der Waals surface area contributed by atoms with Gasteiger partial charge in [0.05, 0.1) is 0 Å². The molecule has 0 aliphatic rings. The maximum absolute atomic E-state index is 12.0. The summed E-state index contributed by atoms with van der Waals surface area (Å²) < 4.78 is 0. The van der Waals surface area contributed by atoms with E-state index in [1.54, 1.807) is 30.3 Å². The number of nitrogens with two attached hydrogens (primary N) is 1. The fraction of sp³-hybridized carbons (Fsp3) is 0. The van der Waals surface area contributed by atoms with Gasteiger partial charge in [0.1, 0.15) is 11.6 Å². The number of thiophene rings is 1. The number of para-hydroxylation sites is 1. The molecule has 0 aliphatic heterocycles. The molecular formula is C14H10N2OS2. The smallest absolute Gasteiger partial charge is 0.234 e. The maximum atomic E-state index is 12.0. The Bertz CT molecular complexity index is 654. The predicted octanol–water partition coefficient (Wildman–Crippen LogP) is 3.56. The van der Waals surface area contributed by atoms with E-state index in [1.165, 1.54) is 11.3 Å². The van der Waals surface area contributed by atoms with Gasteiger partial charge < -0.3 is 5.73 Å². The highest BCUT2D eigenvalue weighted by molar-refractivity contribution is 8.14. The van der Waals surface area contributed by atoms with E-state index in [-0.39, 0.29) is 10.7 Å². The number of carbonyl (C=O) groups excluding carboxylic acids is 1. The van der Waals surface area contributed by atoms with Gasteiger partial charge in [-0.05, 0) is 41.4 Å². The lowest BCUT2D eigenvalue weighted by Crippen LogP contribution is -1.96. The lowest BCUT2D eigenvalue weighted by molar-refractivity contribution is -0.107. The number of nitrogens with zero attached hydrogens (tertiary/aromatic N) is 1. The molecule has 0 atom stereocenters. The Kier molecular flexibility index (Phi) is 4.39. The van der Waals surface area contributed by atoms with Crippen molar-refractivity contribution in [1.29, 1.82) is 5.26 Å². The Hall–Kier alpha value is -2.03. The first-order valence-electron chi connectivity index (χ1n) is 5.42. The summed E-state index contributed by atoms with van der Waals surface area (Å²) in [5.41, 5.74) is 6.43. The third-order valence-corrected chi connectivity index (χ3v) is 4.11. The molecule has 0 unspecified atom stereocenters. The Morgan fingerprint density at radius 1 is 1.32 bits per heavy atom. The van der Waals surface area contributed by atoms with Crippen LogP contribution in [-0.4, -0.2) is 5.12 Å². The van der Waals surface area contributed by atoms with Gasteiger partial charge >= 0.3 is 0 Å². The largest absolute Gasteiger partial charge is 0.398 e. The van der Waals surface area contributed by atoms with Crippen molar-refractivity contribution in [2.24, 2.45) is 0 Å². The second-order valence-electron chi connectivity index (χ2n) is 3.61. The van der Waals surface area contributed by atoms with Crippen LogP contribution in [0.1, 0.15) is 4.88 Å². The van der Waals surface area contributed by atoms with Gasteiger partial charge in [0.25, 0.3) is 0 Å². The Morgan fingerprint density at radius 3 is 2.74 bits per heavy atom. The van der Waals surface area contributed by atoms with Crippen LogP contribution in [0.25, 0.3) is 6.08 Å². The van der Waals surface area contributed by atoms with Gasteiger partial charge in [0.15, 0.2) is 0 Å². The van der Waals surface area contributed by atoms with Gasteiger partial charge in [-0.2, -0.15) is 5.26 Å². The number of benzene rings is 1. The van der Waals surface area contributed by atoms with Gasteiger partial charge in [-0.25, -0.2) is 0 Å². The molecule has 5 heteroatoms. The van der Waals surface area contributed by atoms with Crippen LogP contribution in [0, 0.1) is 11.3 Å². The molecule has 0 saturated carbocycles. The van der Waals surface area contributed by atoms with E-state index in [1.807, 2.05) is 23.6 Å². The van der Waals surface area contributed by atoms with Crippen LogP contribution in [-0.2, 0) is 4.79 Å². The molecule has 2 aromatic rings. The lowest BCUT2D eigenvalue weighted by atomic mass is 10.3. The molecule has 1 aromatic heterocycles. The van der Waals surface area contributed by atoms with E-state index in [2.05, 4.69) is 0 Å². The SMILES string of the molecule is N#C/C(=C\c1cccs1)C(=O)Sc1ccccc1N. The van der Waals surface area contributed by atoms with E-state index in [0.717, 1.165) is 16.6 Å². The highest BCUT2D eigenvalue weighted by Crippen LogP contribution is 2.28. The maximum Gasteiger partial charge on any atom is 0.234 e. The summed E-state index contributed by atoms with van der Waals surface area (Å²) in [6.07, 6.45) is 1.60. The Labute approximate surface area is 119 Å². The molecule has 3 nitrogen and oxygen atoms in total. The zero-order valence-electron chi connectivity index (χ0n) is 9.87. The van der Waals surface area contributed by atoms with Crippen molar-refractivity contribution >= 4 is 40.0 Å². The molecular weight excluding hydrogens is 276 g/mol. The Morgan fingerprint density at radius 2 is 2.11 bits per heavy atom. The average molecular weight is 286 g/mol. The third kappa shape index (κ3) is 3.47. The topological polar surface area (TPSA) is 66.9 Å². The number of nitrogen functional groups attached to an aromatic ring is 1. The fourth-order valence-corrected chi connectivity index (χ4v) is 2.78. The molecule has 1 aromatic carbocycles. The molecule has 1 heterocycles. The van der Waals surface area contributed by atoms with Crippen molar-refractivity contribution in [1.82, 2.24) is 0 Å². The van der Waals surface area contributed by atoms with Crippen LogP contribution in [0.15, 0.2) is 52.2 Å². The molecule has 0 spiro atoms. The lowest BCUT2D eigenvalue weighted by Gasteiger charge is -2.02. The molecule has 19 heavy (non-hydrogen) atoms. The normalized spacial score (nSPS) is 11.0. The third-order valence-electron chi connectivity index (χ3n) is 2.29. The van der Waals surface area contributed by atoms with E-state index in [9.17, 15) is 4.79 Å². The number of thioether (sulfide) groups is 1. The van der Waals surface area contributed by atoms with Crippen LogP contribution >= 0.6 is 23.1 Å². The Balaban J connectivity index is 2.19. The highest BCUT2D eigenvalue weighted by atomic mass is 32.2. The van der Waals surface area contributed by atoms with Gasteiger partial charge in [-0.3, -0.25) is 4.79 Å². The summed E-state index contributed by atoms with van der Waals surface area (Å²) in [6.45, 7) is 0. The zero-order chi connectivity index (χ0) is 13.7. The zero-order valence-corrected chi connectivity index (χ0v) is 11.5. The van der Waals surface area contributed by atoms with Crippen LogP contribution in [0.4, 0.5) is 5.69 Å². The second kappa shape index (κ2) is 6.23. The summed E-state index contributed by atoms with van der Waals surface area (Å²) in [5, 5.41) is 10.7. The molecule has 0 amide bonds. The number of rotatable bonds is 3. The van der Waals surface area contributed by atoms with Crippen molar-refractivity contribution in [3.8, 4) is 6.07 Å². The molecule has 0 bridgehead atoms. The van der Waals surface area contributed by atoms with Crippen molar-refractivity contribution in [2.45, 2.75) is 4.90 Å². The molecule has 2 rings (SSSR count). The average Bonchev–Trinajstić information content (AvgIpc) is 2.91. The van der Waals surface area contributed by atoms with Gasteiger partial charge in [-0.15, -0.1) is 11.3 Å². The van der Waals surface area contributed by atoms with Gasteiger partial charge in [0.2, 0.25) is 5.12 Å². The van der Waals surface area contributed by atoms with E-state index in [0.29, 0.717) is 10.6 Å². The van der Waals surface area contributed by atoms with Crippen molar-refractivity contribution in [3.05, 3.63) is 52.2 Å². The standard InChI is InChI=1S/C14H10N2OS2/c15-9-10(8-11-4-3-7-18-11)14(17)19-13-6-2-1-5-12(13)16/h1-8H,16H2/b10-8+. The molecule has 0 saturated heterocycles. The summed E-state index contributed by atoms with van der Waals surface area (Å²) in [7, 11) is 0. The highest BCUT2D eigenvalue weighted by Gasteiger charge is 2.13. The number of hydrogen-bond acceptors (Lipinski definition) is 5. The van der Waals surface area contributed by atoms with Crippen molar-refractivity contribution in [2.75, 3.05) is 5.73 Å². The van der Waals surface area contributed by atoms with Crippen LogP contribution in [0.2, 0.25) is 0 Å². The fourth-order valence-electron chi connectivity index (χ4n) is 1.38. The summed E-state index contributed by atoms with van der Waals surface area (Å²) in [6, 6.07) is 12.8. The van der Waals surface area contributed by atoms with Crippen LogP contribution in [0.5, 0.6) is 0 Å². The van der Waals surface area contributed by atoms with Crippen molar-refractivity contribution < 1.29 is 4.79 Å². The molecule has 2 N–H and O–H groups in total. The first-order valence-corrected chi connectivity index (χ1v) is 7.12. The molecule has 0 radical (unpaired) electrons. The molecule has 0 fully saturated rings. The molecule has 94 valence electrons. The first kappa shape index (κ1) is 13.4. The van der Waals surface area contributed by atoms with Crippen LogP contribution < -0.4 is 5.73 Å². The minimum absolute atomic E-state index is 0.121. The summed E-state index contributed by atoms with van der Waals surface area (Å²) >= 11 is 2.45. The first-order chi connectivity index (χ1) is 9.20. The minimum Gasteiger partial charge on any atom is -0.398 e. The number of hydrogen-bond donors (Lipinski definition) is 1.